The first kappa shape index (κ1) is 20.7. The second-order valence-electron chi connectivity index (χ2n) is 6.17. The van der Waals surface area contributed by atoms with E-state index in [1.54, 1.807) is 43.3 Å². The van der Waals surface area contributed by atoms with Gasteiger partial charge in [0.25, 0.3) is 15.9 Å². The Bertz CT molecular complexity index is 1090. The molecule has 8 heteroatoms. The van der Waals surface area contributed by atoms with E-state index in [-0.39, 0.29) is 10.8 Å². The van der Waals surface area contributed by atoms with Crippen LogP contribution in [-0.4, -0.2) is 20.4 Å². The zero-order valence-corrected chi connectivity index (χ0v) is 17.1. The van der Waals surface area contributed by atoms with Crippen molar-refractivity contribution < 1.29 is 17.9 Å². The minimum absolute atomic E-state index is 0.0454. The smallest absolute Gasteiger partial charge is 0.265 e. The van der Waals surface area contributed by atoms with Crippen LogP contribution in [0.1, 0.15) is 6.92 Å². The third-order valence-corrected chi connectivity index (χ3v) is 5.69. The van der Waals surface area contributed by atoms with Gasteiger partial charge in [0.05, 0.1) is 15.6 Å². The summed E-state index contributed by atoms with van der Waals surface area (Å²) in [5.41, 5.74) is 0.744. The van der Waals surface area contributed by atoms with Gasteiger partial charge in [-0.3, -0.25) is 9.52 Å². The summed E-state index contributed by atoms with van der Waals surface area (Å²) >= 11 is 6.00. The SMILES string of the molecule is C[C@H](Oc1ccccc1)C(=O)Nc1ccc(S(=O)(=O)Nc2ccccc2Cl)cc1. The molecule has 0 aromatic heterocycles. The molecule has 2 N–H and O–H groups in total. The van der Waals surface area contributed by atoms with Crippen LogP contribution in [0, 0.1) is 0 Å². The molecule has 1 atom stereocenters. The number of halogens is 1. The van der Waals surface area contributed by atoms with Crippen LogP contribution < -0.4 is 14.8 Å². The molecule has 1 amide bonds. The van der Waals surface area contributed by atoms with Crippen LogP contribution in [0.2, 0.25) is 5.02 Å². The third-order valence-electron chi connectivity index (χ3n) is 3.98. The summed E-state index contributed by atoms with van der Waals surface area (Å²) in [7, 11) is -3.81. The molecule has 0 fully saturated rings. The highest BCUT2D eigenvalue weighted by atomic mass is 35.5. The predicted octanol–water partition coefficient (Wildman–Crippen LogP) is 4.55. The number of sulfonamides is 1. The molecular weight excluding hydrogens is 412 g/mol. The van der Waals surface area contributed by atoms with Crippen molar-refractivity contribution in [1.82, 2.24) is 0 Å². The highest BCUT2D eigenvalue weighted by molar-refractivity contribution is 7.92. The molecule has 3 aromatic rings. The van der Waals surface area contributed by atoms with Crippen LogP contribution >= 0.6 is 11.6 Å². The van der Waals surface area contributed by atoms with Crippen LogP contribution in [0.25, 0.3) is 0 Å². The van der Waals surface area contributed by atoms with E-state index in [0.29, 0.717) is 22.1 Å². The van der Waals surface area contributed by atoms with Gasteiger partial charge in [-0.1, -0.05) is 41.9 Å². The van der Waals surface area contributed by atoms with Crippen molar-refractivity contribution in [3.63, 3.8) is 0 Å². The number of amides is 1. The number of hydrogen-bond donors (Lipinski definition) is 2. The van der Waals surface area contributed by atoms with Gasteiger partial charge in [0.1, 0.15) is 5.75 Å². The molecule has 150 valence electrons. The second-order valence-corrected chi connectivity index (χ2v) is 8.26. The summed E-state index contributed by atoms with van der Waals surface area (Å²) < 4.78 is 33.1. The first-order chi connectivity index (χ1) is 13.8. The normalized spacial score (nSPS) is 12.1. The average Bonchev–Trinajstić information content (AvgIpc) is 2.71. The van der Waals surface area contributed by atoms with Crippen LogP contribution in [0.5, 0.6) is 5.75 Å². The Balaban J connectivity index is 1.65. The molecule has 0 radical (unpaired) electrons. The lowest BCUT2D eigenvalue weighted by Gasteiger charge is -2.15. The lowest BCUT2D eigenvalue weighted by molar-refractivity contribution is -0.122. The van der Waals surface area contributed by atoms with Gasteiger partial charge in [0, 0.05) is 5.69 Å². The summed E-state index contributed by atoms with van der Waals surface area (Å²) in [6, 6.07) is 21.4. The topological polar surface area (TPSA) is 84.5 Å². The van der Waals surface area contributed by atoms with E-state index in [9.17, 15) is 13.2 Å². The fourth-order valence-corrected chi connectivity index (χ4v) is 3.78. The van der Waals surface area contributed by atoms with E-state index < -0.39 is 16.1 Å². The number of nitrogens with one attached hydrogen (secondary N) is 2. The Hall–Kier alpha value is -3.03. The third kappa shape index (κ3) is 5.49. The second kappa shape index (κ2) is 8.98. The van der Waals surface area contributed by atoms with Crippen LogP contribution in [-0.2, 0) is 14.8 Å². The van der Waals surface area contributed by atoms with Gasteiger partial charge in [-0.05, 0) is 55.5 Å². The molecule has 0 bridgehead atoms. The van der Waals surface area contributed by atoms with E-state index in [2.05, 4.69) is 10.0 Å². The predicted molar refractivity (Wildman–Crippen MR) is 114 cm³/mol. The van der Waals surface area contributed by atoms with E-state index in [1.165, 1.54) is 24.3 Å². The van der Waals surface area contributed by atoms with Crippen LogP contribution in [0.3, 0.4) is 0 Å². The first-order valence-corrected chi connectivity index (χ1v) is 10.6. The number of benzene rings is 3. The molecule has 0 aliphatic heterocycles. The fourth-order valence-electron chi connectivity index (χ4n) is 2.47. The number of rotatable bonds is 7. The van der Waals surface area contributed by atoms with Gasteiger partial charge in [-0.25, -0.2) is 8.42 Å². The van der Waals surface area contributed by atoms with E-state index in [0.717, 1.165) is 0 Å². The molecule has 3 aromatic carbocycles. The maximum Gasteiger partial charge on any atom is 0.265 e. The van der Waals surface area contributed by atoms with Crippen molar-refractivity contribution >= 4 is 38.9 Å². The van der Waals surface area contributed by atoms with Crippen molar-refractivity contribution in [2.24, 2.45) is 0 Å². The quantitative estimate of drug-likeness (QED) is 0.576. The monoisotopic (exact) mass is 430 g/mol. The van der Waals surface area contributed by atoms with Crippen molar-refractivity contribution in [3.05, 3.63) is 83.9 Å². The number of ether oxygens (including phenoxy) is 1. The number of para-hydroxylation sites is 2. The van der Waals surface area contributed by atoms with Gasteiger partial charge in [0.15, 0.2) is 6.10 Å². The Kier molecular flexibility index (Phi) is 6.41. The lowest BCUT2D eigenvalue weighted by Crippen LogP contribution is -2.30. The zero-order valence-electron chi connectivity index (χ0n) is 15.5. The molecule has 0 aliphatic rings. The van der Waals surface area contributed by atoms with Crippen LogP contribution in [0.15, 0.2) is 83.8 Å². The van der Waals surface area contributed by atoms with Gasteiger partial charge in [-0.15, -0.1) is 0 Å². The summed E-state index contributed by atoms with van der Waals surface area (Å²) in [5, 5.41) is 3.00. The molecule has 0 saturated carbocycles. The average molecular weight is 431 g/mol. The standard InChI is InChI=1S/C21H19ClN2O4S/c1-15(28-17-7-3-2-4-8-17)21(25)23-16-11-13-18(14-12-16)29(26,27)24-20-10-6-5-9-19(20)22/h2-15,24H,1H3,(H,23,25)/t15-/m0/s1. The highest BCUT2D eigenvalue weighted by Crippen LogP contribution is 2.24. The molecule has 0 heterocycles. The molecule has 0 aliphatic carbocycles. The van der Waals surface area contributed by atoms with Gasteiger partial charge in [0.2, 0.25) is 0 Å². The molecule has 3 rings (SSSR count). The minimum atomic E-state index is -3.81. The zero-order chi connectivity index (χ0) is 20.9. The van der Waals surface area contributed by atoms with Crippen molar-refractivity contribution in [1.29, 1.82) is 0 Å². The van der Waals surface area contributed by atoms with Crippen molar-refractivity contribution in [2.45, 2.75) is 17.9 Å². The van der Waals surface area contributed by atoms with Gasteiger partial charge in [-0.2, -0.15) is 0 Å². The number of anilines is 2. The van der Waals surface area contributed by atoms with E-state index >= 15 is 0 Å². The summed E-state index contributed by atoms with van der Waals surface area (Å²) in [5.74, 6) is 0.237. The summed E-state index contributed by atoms with van der Waals surface area (Å²) in [4.78, 5) is 12.3. The lowest BCUT2D eigenvalue weighted by atomic mass is 10.3. The summed E-state index contributed by atoms with van der Waals surface area (Å²) in [6.45, 7) is 1.63. The Morgan fingerprint density at radius 1 is 0.931 bits per heavy atom. The van der Waals surface area contributed by atoms with E-state index in [1.807, 2.05) is 18.2 Å². The Morgan fingerprint density at radius 2 is 1.55 bits per heavy atom. The fraction of sp³-hybridized carbons (Fsp3) is 0.0952. The minimum Gasteiger partial charge on any atom is -0.481 e. The Labute approximate surface area is 174 Å². The molecule has 29 heavy (non-hydrogen) atoms. The molecule has 0 spiro atoms. The molecular formula is C21H19ClN2O4S. The van der Waals surface area contributed by atoms with E-state index in [4.69, 9.17) is 16.3 Å². The number of hydrogen-bond acceptors (Lipinski definition) is 4. The first-order valence-electron chi connectivity index (χ1n) is 8.75. The van der Waals surface area contributed by atoms with Crippen molar-refractivity contribution in [2.75, 3.05) is 10.0 Å². The van der Waals surface area contributed by atoms with Gasteiger partial charge < -0.3 is 10.1 Å². The highest BCUT2D eigenvalue weighted by Gasteiger charge is 2.17. The molecule has 0 saturated heterocycles. The number of carbonyl (C=O) groups excluding carboxylic acids is 1. The number of carbonyl (C=O) groups is 1. The summed E-state index contributed by atoms with van der Waals surface area (Å²) in [6.07, 6.45) is -0.720. The molecule has 0 unspecified atom stereocenters. The largest absolute Gasteiger partial charge is 0.481 e. The van der Waals surface area contributed by atoms with Crippen molar-refractivity contribution in [3.8, 4) is 5.75 Å². The Morgan fingerprint density at radius 3 is 2.21 bits per heavy atom. The maximum absolute atomic E-state index is 12.5. The van der Waals surface area contributed by atoms with Crippen LogP contribution in [0.4, 0.5) is 11.4 Å². The maximum atomic E-state index is 12.5. The molecule has 6 nitrogen and oxygen atoms in total. The van der Waals surface area contributed by atoms with Gasteiger partial charge >= 0.3 is 0 Å².